The van der Waals surface area contributed by atoms with Crippen LogP contribution < -0.4 is 10.6 Å². The number of carbonyl (C=O) groups excluding carboxylic acids is 1. The zero-order valence-corrected chi connectivity index (χ0v) is 11.7. The van der Waals surface area contributed by atoms with Gasteiger partial charge in [-0.3, -0.25) is 4.79 Å². The van der Waals surface area contributed by atoms with E-state index in [1.54, 1.807) is 18.2 Å². The quantitative estimate of drug-likeness (QED) is 0.878. The molecule has 18 heavy (non-hydrogen) atoms. The number of benzene rings is 1. The summed E-state index contributed by atoms with van der Waals surface area (Å²) in [7, 11) is 0. The number of piperidine rings is 1. The monoisotopic (exact) mass is 286 g/mol. The molecule has 2 N–H and O–H groups in total. The van der Waals surface area contributed by atoms with E-state index in [1.165, 1.54) is 0 Å². The van der Waals surface area contributed by atoms with Crippen molar-refractivity contribution in [3.63, 3.8) is 0 Å². The summed E-state index contributed by atoms with van der Waals surface area (Å²) in [5.41, 5.74) is 0.262. The molecular formula is C13H16Cl2N2O. The number of amides is 1. The Hall–Kier alpha value is -0.770. The number of carbonyl (C=O) groups is 1. The van der Waals surface area contributed by atoms with Gasteiger partial charge < -0.3 is 10.6 Å². The molecule has 0 unspecified atom stereocenters. The first-order valence-corrected chi connectivity index (χ1v) is 6.75. The van der Waals surface area contributed by atoms with Crippen molar-refractivity contribution < 1.29 is 4.79 Å². The van der Waals surface area contributed by atoms with Gasteiger partial charge in [0.2, 0.25) is 0 Å². The van der Waals surface area contributed by atoms with Gasteiger partial charge in [0.25, 0.3) is 5.91 Å². The van der Waals surface area contributed by atoms with Gasteiger partial charge in [-0.1, -0.05) is 29.3 Å². The molecule has 3 nitrogen and oxygen atoms in total. The van der Waals surface area contributed by atoms with Gasteiger partial charge in [-0.2, -0.15) is 0 Å². The topological polar surface area (TPSA) is 41.1 Å². The summed E-state index contributed by atoms with van der Waals surface area (Å²) in [5, 5.41) is 7.05. The molecule has 2 rings (SSSR count). The van der Waals surface area contributed by atoms with Crippen molar-refractivity contribution in [3.05, 3.63) is 33.8 Å². The third kappa shape index (κ3) is 2.97. The molecular weight excluding hydrogens is 271 g/mol. The number of rotatable bonds is 2. The fraction of sp³-hybridized carbons (Fsp3) is 0.462. The van der Waals surface area contributed by atoms with Gasteiger partial charge in [-0.05, 0) is 45.0 Å². The minimum absolute atomic E-state index is 0.160. The van der Waals surface area contributed by atoms with Gasteiger partial charge in [0.15, 0.2) is 0 Å². The van der Waals surface area contributed by atoms with E-state index in [0.29, 0.717) is 15.6 Å². The first kappa shape index (κ1) is 13.7. The second kappa shape index (κ2) is 5.47. The van der Waals surface area contributed by atoms with Crippen LogP contribution >= 0.6 is 23.2 Å². The van der Waals surface area contributed by atoms with Crippen molar-refractivity contribution in [2.45, 2.75) is 25.3 Å². The second-order valence-corrected chi connectivity index (χ2v) is 5.65. The molecule has 0 aliphatic carbocycles. The largest absolute Gasteiger partial charge is 0.347 e. The smallest absolute Gasteiger partial charge is 0.253 e. The number of hydrogen-bond acceptors (Lipinski definition) is 2. The molecule has 0 saturated carbocycles. The molecule has 0 bridgehead atoms. The Morgan fingerprint density at radius 2 is 2.00 bits per heavy atom. The fourth-order valence-corrected chi connectivity index (χ4v) is 2.51. The third-order valence-electron chi connectivity index (χ3n) is 3.32. The van der Waals surface area contributed by atoms with E-state index in [1.807, 2.05) is 0 Å². The summed E-state index contributed by atoms with van der Waals surface area (Å²) >= 11 is 12.0. The van der Waals surface area contributed by atoms with Crippen molar-refractivity contribution in [3.8, 4) is 0 Å². The predicted molar refractivity (Wildman–Crippen MR) is 74.4 cm³/mol. The molecule has 1 aromatic carbocycles. The van der Waals surface area contributed by atoms with Gasteiger partial charge in [0, 0.05) is 5.54 Å². The maximum Gasteiger partial charge on any atom is 0.253 e. The van der Waals surface area contributed by atoms with E-state index < -0.39 is 0 Å². The first-order chi connectivity index (χ1) is 8.52. The highest BCUT2D eigenvalue weighted by Crippen LogP contribution is 2.26. The molecule has 98 valence electrons. The van der Waals surface area contributed by atoms with Crippen LogP contribution in [0.2, 0.25) is 10.0 Å². The molecule has 1 fully saturated rings. The zero-order chi connectivity index (χ0) is 13.2. The average Bonchev–Trinajstić information content (AvgIpc) is 2.33. The van der Waals surface area contributed by atoms with Crippen LogP contribution in [0.1, 0.15) is 30.1 Å². The lowest BCUT2D eigenvalue weighted by Crippen LogP contribution is -2.52. The van der Waals surface area contributed by atoms with Crippen molar-refractivity contribution in [2.75, 3.05) is 13.1 Å². The molecule has 1 aliphatic heterocycles. The van der Waals surface area contributed by atoms with E-state index >= 15 is 0 Å². The molecule has 1 saturated heterocycles. The predicted octanol–water partition coefficient (Wildman–Crippen LogP) is 2.87. The minimum atomic E-state index is -0.173. The molecule has 5 heteroatoms. The van der Waals surface area contributed by atoms with Crippen molar-refractivity contribution >= 4 is 29.1 Å². The molecule has 0 radical (unpaired) electrons. The summed E-state index contributed by atoms with van der Waals surface area (Å²) in [5.74, 6) is -0.160. The van der Waals surface area contributed by atoms with E-state index in [-0.39, 0.29) is 11.4 Å². The Labute approximate surface area is 117 Å². The normalized spacial score (nSPS) is 18.4. The van der Waals surface area contributed by atoms with Gasteiger partial charge in [0.1, 0.15) is 0 Å². The van der Waals surface area contributed by atoms with Crippen LogP contribution in [0.4, 0.5) is 0 Å². The van der Waals surface area contributed by atoms with Gasteiger partial charge in [-0.15, -0.1) is 0 Å². The van der Waals surface area contributed by atoms with Crippen LogP contribution in [0.25, 0.3) is 0 Å². The zero-order valence-electron chi connectivity index (χ0n) is 10.2. The Kier molecular flexibility index (Phi) is 4.15. The molecule has 0 spiro atoms. The fourth-order valence-electron chi connectivity index (χ4n) is 2.12. The summed E-state index contributed by atoms with van der Waals surface area (Å²) in [4.78, 5) is 12.2. The Bertz CT molecular complexity index is 456. The molecule has 1 amide bonds. The lowest BCUT2D eigenvalue weighted by molar-refractivity contribution is 0.0887. The van der Waals surface area contributed by atoms with Gasteiger partial charge in [-0.25, -0.2) is 0 Å². The van der Waals surface area contributed by atoms with E-state index in [2.05, 4.69) is 17.6 Å². The van der Waals surface area contributed by atoms with E-state index in [0.717, 1.165) is 25.9 Å². The lowest BCUT2D eigenvalue weighted by Gasteiger charge is -2.35. The van der Waals surface area contributed by atoms with Crippen molar-refractivity contribution in [1.29, 1.82) is 0 Å². The van der Waals surface area contributed by atoms with Crippen molar-refractivity contribution in [1.82, 2.24) is 10.6 Å². The van der Waals surface area contributed by atoms with E-state index in [4.69, 9.17) is 23.2 Å². The highest BCUT2D eigenvalue weighted by molar-refractivity contribution is 6.43. The van der Waals surface area contributed by atoms with Gasteiger partial charge in [0.05, 0.1) is 15.6 Å². The van der Waals surface area contributed by atoms with Crippen LogP contribution in [0.15, 0.2) is 18.2 Å². The van der Waals surface area contributed by atoms with E-state index in [9.17, 15) is 4.79 Å². The number of halogens is 2. The Morgan fingerprint density at radius 1 is 1.33 bits per heavy atom. The summed E-state index contributed by atoms with van der Waals surface area (Å²) in [6.45, 7) is 3.89. The third-order valence-corrected chi connectivity index (χ3v) is 4.14. The van der Waals surface area contributed by atoms with Crippen LogP contribution in [0, 0.1) is 0 Å². The highest BCUT2D eigenvalue weighted by atomic mass is 35.5. The lowest BCUT2D eigenvalue weighted by atomic mass is 9.90. The SMILES string of the molecule is CC1(NC(=O)c2cccc(Cl)c2Cl)CCNCC1. The van der Waals surface area contributed by atoms with Crippen molar-refractivity contribution in [2.24, 2.45) is 0 Å². The van der Waals surface area contributed by atoms with Crippen LogP contribution in [0.5, 0.6) is 0 Å². The summed E-state index contributed by atoms with van der Waals surface area (Å²) in [6, 6.07) is 5.09. The molecule has 0 aromatic heterocycles. The molecule has 1 aromatic rings. The molecule has 1 heterocycles. The Balaban J connectivity index is 2.14. The van der Waals surface area contributed by atoms with Gasteiger partial charge >= 0.3 is 0 Å². The van der Waals surface area contributed by atoms with Crippen LogP contribution in [0.3, 0.4) is 0 Å². The minimum Gasteiger partial charge on any atom is -0.347 e. The Morgan fingerprint density at radius 3 is 2.67 bits per heavy atom. The number of nitrogens with one attached hydrogen (secondary N) is 2. The second-order valence-electron chi connectivity index (χ2n) is 4.87. The maximum absolute atomic E-state index is 12.2. The highest BCUT2D eigenvalue weighted by Gasteiger charge is 2.29. The summed E-state index contributed by atoms with van der Waals surface area (Å²) in [6.07, 6.45) is 1.83. The molecule has 0 atom stereocenters. The maximum atomic E-state index is 12.2. The average molecular weight is 287 g/mol. The number of hydrogen-bond donors (Lipinski definition) is 2. The standard InChI is InChI=1S/C13H16Cl2N2O/c1-13(5-7-16-8-6-13)17-12(18)9-3-2-4-10(14)11(9)15/h2-4,16H,5-8H2,1H3,(H,17,18). The molecule has 1 aliphatic rings. The van der Waals surface area contributed by atoms with Crippen LogP contribution in [-0.4, -0.2) is 24.5 Å². The van der Waals surface area contributed by atoms with Crippen LogP contribution in [-0.2, 0) is 0 Å². The first-order valence-electron chi connectivity index (χ1n) is 5.99. The summed E-state index contributed by atoms with van der Waals surface area (Å²) < 4.78 is 0.